The first-order chi connectivity index (χ1) is 14.1. The Morgan fingerprint density at radius 3 is 2.40 bits per heavy atom. The number of carbonyl (C=O) groups excluding carboxylic acids is 3. The van der Waals surface area contributed by atoms with Gasteiger partial charge in [0.1, 0.15) is 12.1 Å². The van der Waals surface area contributed by atoms with Crippen molar-refractivity contribution in [3.8, 4) is 0 Å². The predicted molar refractivity (Wildman–Crippen MR) is 116 cm³/mol. The van der Waals surface area contributed by atoms with Crippen molar-refractivity contribution >= 4 is 35.2 Å². The van der Waals surface area contributed by atoms with E-state index in [9.17, 15) is 14.4 Å². The number of benzene rings is 2. The molecule has 0 aromatic heterocycles. The number of nitrogens with one attached hydrogen (secondary N) is 3. The minimum absolute atomic E-state index is 0.162. The number of halogens is 1. The molecule has 0 aliphatic heterocycles. The Hall–Kier alpha value is -3.06. The highest BCUT2D eigenvalue weighted by Gasteiger charge is 2.17. The molecule has 8 heteroatoms. The Balaban J connectivity index is 1.87. The lowest BCUT2D eigenvalue weighted by molar-refractivity contribution is -0.120. The van der Waals surface area contributed by atoms with Crippen LogP contribution in [0.1, 0.15) is 31.9 Å². The highest BCUT2D eigenvalue weighted by Crippen LogP contribution is 2.15. The maximum absolute atomic E-state index is 12.2. The predicted octanol–water partition coefficient (Wildman–Crippen LogP) is 3.66. The first kappa shape index (κ1) is 23.2. The van der Waals surface area contributed by atoms with E-state index >= 15 is 0 Å². The van der Waals surface area contributed by atoms with Crippen LogP contribution in [0.15, 0.2) is 48.5 Å². The van der Waals surface area contributed by atoms with Crippen molar-refractivity contribution in [2.24, 2.45) is 0 Å². The molecular weight excluding hydrogens is 406 g/mol. The number of para-hydroxylation sites is 1. The van der Waals surface area contributed by atoms with Crippen molar-refractivity contribution < 1.29 is 19.1 Å². The van der Waals surface area contributed by atoms with Gasteiger partial charge in [-0.05, 0) is 50.1 Å². The van der Waals surface area contributed by atoms with Gasteiger partial charge in [-0.2, -0.15) is 0 Å². The number of carbonyl (C=O) groups is 3. The van der Waals surface area contributed by atoms with E-state index < -0.39 is 17.6 Å². The van der Waals surface area contributed by atoms with Crippen molar-refractivity contribution in [3.63, 3.8) is 0 Å². The summed E-state index contributed by atoms with van der Waals surface area (Å²) in [6.07, 6.45) is -0.464. The average molecular weight is 432 g/mol. The van der Waals surface area contributed by atoms with Gasteiger partial charge < -0.3 is 20.7 Å². The molecule has 160 valence electrons. The van der Waals surface area contributed by atoms with Crippen molar-refractivity contribution in [1.29, 1.82) is 0 Å². The van der Waals surface area contributed by atoms with E-state index in [0.29, 0.717) is 10.7 Å². The van der Waals surface area contributed by atoms with Crippen LogP contribution in [0, 0.1) is 0 Å². The molecule has 0 aliphatic rings. The zero-order chi connectivity index (χ0) is 22.1. The number of hydrogen-bond acceptors (Lipinski definition) is 4. The van der Waals surface area contributed by atoms with Crippen LogP contribution < -0.4 is 16.0 Å². The first-order valence-corrected chi connectivity index (χ1v) is 9.86. The molecule has 0 unspecified atom stereocenters. The molecule has 0 radical (unpaired) electrons. The maximum atomic E-state index is 12.2. The maximum Gasteiger partial charge on any atom is 0.408 e. The van der Waals surface area contributed by atoms with Gasteiger partial charge in [0, 0.05) is 17.3 Å². The second-order valence-corrected chi connectivity index (χ2v) is 8.08. The summed E-state index contributed by atoms with van der Waals surface area (Å²) in [6.45, 7) is 5.23. The molecule has 2 aromatic rings. The fourth-order valence-corrected chi connectivity index (χ4v) is 2.76. The molecule has 2 aromatic carbocycles. The van der Waals surface area contributed by atoms with E-state index in [4.69, 9.17) is 16.3 Å². The Labute approximate surface area is 181 Å². The van der Waals surface area contributed by atoms with Gasteiger partial charge in [0.05, 0.1) is 6.42 Å². The summed E-state index contributed by atoms with van der Waals surface area (Å²) >= 11 is 5.94. The molecule has 0 heterocycles. The van der Waals surface area contributed by atoms with E-state index in [2.05, 4.69) is 16.0 Å². The molecule has 7 nitrogen and oxygen atoms in total. The second-order valence-electron chi connectivity index (χ2n) is 7.64. The van der Waals surface area contributed by atoms with Crippen LogP contribution in [0.2, 0.25) is 5.02 Å². The second kappa shape index (κ2) is 10.6. The van der Waals surface area contributed by atoms with Crippen LogP contribution in [0.4, 0.5) is 10.5 Å². The third-order valence-corrected chi connectivity index (χ3v) is 4.05. The third kappa shape index (κ3) is 8.53. The van der Waals surface area contributed by atoms with E-state index in [1.54, 1.807) is 57.2 Å². The molecule has 3 amide bonds. The van der Waals surface area contributed by atoms with Crippen LogP contribution in [0.25, 0.3) is 0 Å². The number of anilines is 1. The van der Waals surface area contributed by atoms with Crippen LogP contribution in [0.5, 0.6) is 0 Å². The van der Waals surface area contributed by atoms with Gasteiger partial charge in [-0.3, -0.25) is 9.59 Å². The molecule has 0 saturated carbocycles. The molecule has 0 bridgehead atoms. The van der Waals surface area contributed by atoms with E-state index in [0.717, 1.165) is 11.1 Å². The fourth-order valence-electron chi connectivity index (χ4n) is 2.55. The molecule has 0 aliphatic carbocycles. The standard InChI is InChI=1S/C22H26ClN3O4/c1-22(2,3)30-21(29)25-14-20(28)26-18-10-5-4-8-16(18)13-24-19(27)12-15-7-6-9-17(23)11-15/h4-11H,12-14H2,1-3H3,(H,24,27)(H,25,29)(H,26,28). The largest absolute Gasteiger partial charge is 0.444 e. The molecule has 0 saturated heterocycles. The van der Waals surface area contributed by atoms with Gasteiger partial charge in [-0.15, -0.1) is 0 Å². The van der Waals surface area contributed by atoms with Gasteiger partial charge in [-0.25, -0.2) is 4.79 Å². The lowest BCUT2D eigenvalue weighted by atomic mass is 10.1. The highest BCUT2D eigenvalue weighted by atomic mass is 35.5. The summed E-state index contributed by atoms with van der Waals surface area (Å²) in [5, 5.41) is 8.55. The quantitative estimate of drug-likeness (QED) is 0.623. The third-order valence-electron chi connectivity index (χ3n) is 3.81. The van der Waals surface area contributed by atoms with Gasteiger partial charge in [-0.1, -0.05) is 41.9 Å². The average Bonchev–Trinajstić information content (AvgIpc) is 2.64. The number of hydrogen-bond donors (Lipinski definition) is 3. The lowest BCUT2D eigenvalue weighted by Crippen LogP contribution is -2.37. The van der Waals surface area contributed by atoms with Gasteiger partial charge in [0.15, 0.2) is 0 Å². The summed E-state index contributed by atoms with van der Waals surface area (Å²) in [4.78, 5) is 36.0. The minimum Gasteiger partial charge on any atom is -0.444 e. The smallest absolute Gasteiger partial charge is 0.408 e. The summed E-state index contributed by atoms with van der Waals surface area (Å²) in [6, 6.07) is 14.2. The zero-order valence-corrected chi connectivity index (χ0v) is 18.0. The first-order valence-electron chi connectivity index (χ1n) is 9.48. The van der Waals surface area contributed by atoms with Gasteiger partial charge >= 0.3 is 6.09 Å². The number of rotatable bonds is 7. The van der Waals surface area contributed by atoms with Crippen molar-refractivity contribution in [1.82, 2.24) is 10.6 Å². The Bertz CT molecular complexity index is 909. The van der Waals surface area contributed by atoms with E-state index in [1.165, 1.54) is 0 Å². The topological polar surface area (TPSA) is 96.5 Å². The zero-order valence-electron chi connectivity index (χ0n) is 17.3. The van der Waals surface area contributed by atoms with Crippen LogP contribution >= 0.6 is 11.6 Å². The van der Waals surface area contributed by atoms with Crippen molar-refractivity contribution in [2.75, 3.05) is 11.9 Å². The Kier molecular flexibility index (Phi) is 8.24. The van der Waals surface area contributed by atoms with Crippen LogP contribution in [-0.2, 0) is 27.3 Å². The number of amides is 3. The summed E-state index contributed by atoms with van der Waals surface area (Å²) < 4.78 is 5.10. The lowest BCUT2D eigenvalue weighted by Gasteiger charge is -2.19. The fraction of sp³-hybridized carbons (Fsp3) is 0.318. The monoisotopic (exact) mass is 431 g/mol. The van der Waals surface area contributed by atoms with Gasteiger partial charge in [0.25, 0.3) is 0 Å². The molecule has 0 spiro atoms. The highest BCUT2D eigenvalue weighted by molar-refractivity contribution is 6.30. The normalized spacial score (nSPS) is 10.8. The van der Waals surface area contributed by atoms with Crippen molar-refractivity contribution in [2.45, 2.75) is 39.3 Å². The molecule has 0 atom stereocenters. The molecule has 30 heavy (non-hydrogen) atoms. The number of alkyl carbamates (subject to hydrolysis) is 1. The van der Waals surface area contributed by atoms with Gasteiger partial charge in [0.2, 0.25) is 11.8 Å². The Morgan fingerprint density at radius 1 is 0.967 bits per heavy atom. The summed E-state index contributed by atoms with van der Waals surface area (Å²) in [7, 11) is 0. The van der Waals surface area contributed by atoms with Crippen molar-refractivity contribution in [3.05, 3.63) is 64.7 Å². The minimum atomic E-state index is -0.667. The molecule has 0 fully saturated rings. The molecule has 2 rings (SSSR count). The van der Waals surface area contributed by atoms with E-state index in [-0.39, 0.29) is 25.4 Å². The molecule has 3 N–H and O–H groups in total. The Morgan fingerprint density at radius 2 is 1.70 bits per heavy atom. The van der Waals surface area contributed by atoms with Crippen LogP contribution in [-0.4, -0.2) is 30.1 Å². The summed E-state index contributed by atoms with van der Waals surface area (Å²) in [5.74, 6) is -0.566. The van der Waals surface area contributed by atoms with Crippen LogP contribution in [0.3, 0.4) is 0 Å². The van der Waals surface area contributed by atoms with E-state index in [1.807, 2.05) is 12.1 Å². The molecular formula is C22H26ClN3O4. The summed E-state index contributed by atoms with van der Waals surface area (Å²) in [5.41, 5.74) is 1.46. The number of ether oxygens (including phenoxy) is 1. The SMILES string of the molecule is CC(C)(C)OC(=O)NCC(=O)Nc1ccccc1CNC(=O)Cc1cccc(Cl)c1.